The van der Waals surface area contributed by atoms with Crippen molar-refractivity contribution in [2.24, 2.45) is 0 Å². The Bertz CT molecular complexity index is 657. The van der Waals surface area contributed by atoms with Crippen LogP contribution in [0.3, 0.4) is 0 Å². The molecule has 1 saturated heterocycles. The van der Waals surface area contributed by atoms with Gasteiger partial charge in [-0.15, -0.1) is 11.3 Å². The number of nitrogens with one attached hydrogen (secondary N) is 2. The van der Waals surface area contributed by atoms with Gasteiger partial charge < -0.3 is 15.0 Å². The molecule has 9 heteroatoms. The zero-order valence-corrected chi connectivity index (χ0v) is 13.6. The molecule has 2 aromatic heterocycles. The lowest BCUT2D eigenvalue weighted by Crippen LogP contribution is -2.29. The van der Waals surface area contributed by atoms with E-state index in [1.54, 1.807) is 0 Å². The molecule has 0 atom stereocenters. The van der Waals surface area contributed by atoms with E-state index in [-0.39, 0.29) is 18.6 Å². The first-order chi connectivity index (χ1) is 11.2. The van der Waals surface area contributed by atoms with E-state index in [1.807, 2.05) is 17.5 Å². The number of nitrogens with zero attached hydrogens (tertiary/aromatic N) is 4. The van der Waals surface area contributed by atoms with Crippen LogP contribution >= 0.6 is 11.3 Å². The van der Waals surface area contributed by atoms with Crippen molar-refractivity contribution in [1.82, 2.24) is 20.3 Å². The third kappa shape index (κ3) is 4.07. The first-order valence-corrected chi connectivity index (χ1v) is 8.25. The van der Waals surface area contributed by atoms with E-state index >= 15 is 0 Å². The van der Waals surface area contributed by atoms with E-state index in [2.05, 4.69) is 30.5 Å². The van der Waals surface area contributed by atoms with Crippen LogP contribution in [0.1, 0.15) is 18.7 Å². The lowest BCUT2D eigenvalue weighted by atomic mass is 10.4. The standard InChI is InChI=1S/C14H18N6O2S/c1-22-14-17-10(16-12(19-14)20-6-2-3-7-20)9-15-13(21)18-11-5-4-8-23-11/h4-5,8H,2-3,6-7,9H2,1H3,(H2,15,18,21). The Balaban J connectivity index is 1.64. The van der Waals surface area contributed by atoms with Gasteiger partial charge >= 0.3 is 12.0 Å². The highest BCUT2D eigenvalue weighted by Crippen LogP contribution is 2.18. The zero-order valence-electron chi connectivity index (χ0n) is 12.8. The van der Waals surface area contributed by atoms with Crippen molar-refractivity contribution < 1.29 is 9.53 Å². The SMILES string of the molecule is COc1nc(CNC(=O)Nc2cccs2)nc(N2CCCC2)n1. The van der Waals surface area contributed by atoms with Crippen molar-refractivity contribution in [3.05, 3.63) is 23.3 Å². The van der Waals surface area contributed by atoms with Crippen LogP contribution in [0.25, 0.3) is 0 Å². The Hall–Kier alpha value is -2.42. The minimum absolute atomic E-state index is 0.205. The molecule has 0 unspecified atom stereocenters. The third-order valence-electron chi connectivity index (χ3n) is 3.39. The van der Waals surface area contributed by atoms with E-state index in [4.69, 9.17) is 4.74 Å². The highest BCUT2D eigenvalue weighted by Gasteiger charge is 2.17. The molecule has 23 heavy (non-hydrogen) atoms. The van der Waals surface area contributed by atoms with Gasteiger partial charge in [0, 0.05) is 13.1 Å². The summed E-state index contributed by atoms with van der Waals surface area (Å²) in [6.07, 6.45) is 2.26. The fourth-order valence-electron chi connectivity index (χ4n) is 2.28. The fraction of sp³-hybridized carbons (Fsp3) is 0.429. The Morgan fingerprint density at radius 3 is 2.87 bits per heavy atom. The monoisotopic (exact) mass is 334 g/mol. The summed E-state index contributed by atoms with van der Waals surface area (Å²) in [6.45, 7) is 2.06. The smallest absolute Gasteiger partial charge is 0.321 e. The average molecular weight is 334 g/mol. The number of amides is 2. The molecular weight excluding hydrogens is 316 g/mol. The minimum Gasteiger partial charge on any atom is -0.467 e. The number of anilines is 2. The Labute approximate surface area is 137 Å². The van der Waals surface area contributed by atoms with Crippen LogP contribution in [0.15, 0.2) is 17.5 Å². The molecule has 2 amide bonds. The van der Waals surface area contributed by atoms with E-state index in [9.17, 15) is 4.79 Å². The van der Waals surface area contributed by atoms with Crippen LogP contribution < -0.4 is 20.3 Å². The highest BCUT2D eigenvalue weighted by molar-refractivity contribution is 7.14. The predicted molar refractivity (Wildman–Crippen MR) is 88.0 cm³/mol. The molecule has 0 saturated carbocycles. The quantitative estimate of drug-likeness (QED) is 0.867. The summed E-state index contributed by atoms with van der Waals surface area (Å²) in [7, 11) is 1.52. The zero-order chi connectivity index (χ0) is 16.1. The van der Waals surface area contributed by atoms with Gasteiger partial charge in [0.05, 0.1) is 18.7 Å². The molecule has 2 aromatic rings. The number of hydrogen-bond donors (Lipinski definition) is 2. The summed E-state index contributed by atoms with van der Waals surface area (Å²) in [5.41, 5.74) is 0. The fourth-order valence-corrected chi connectivity index (χ4v) is 2.89. The second-order valence-electron chi connectivity index (χ2n) is 5.02. The van der Waals surface area contributed by atoms with Gasteiger partial charge in [-0.05, 0) is 30.4 Å². The van der Waals surface area contributed by atoms with Gasteiger partial charge in [0.25, 0.3) is 0 Å². The van der Waals surface area contributed by atoms with Gasteiger partial charge in [-0.25, -0.2) is 4.79 Å². The largest absolute Gasteiger partial charge is 0.467 e. The summed E-state index contributed by atoms with van der Waals surface area (Å²) in [5.74, 6) is 1.07. The van der Waals surface area contributed by atoms with E-state index in [1.165, 1.54) is 18.4 Å². The van der Waals surface area contributed by atoms with E-state index < -0.39 is 0 Å². The lowest BCUT2D eigenvalue weighted by Gasteiger charge is -2.16. The average Bonchev–Trinajstić information content (AvgIpc) is 3.26. The number of carbonyl (C=O) groups is 1. The molecule has 8 nitrogen and oxygen atoms in total. The van der Waals surface area contributed by atoms with Crippen molar-refractivity contribution in [2.75, 3.05) is 30.4 Å². The topological polar surface area (TPSA) is 92.3 Å². The number of aromatic nitrogens is 3. The van der Waals surface area contributed by atoms with Gasteiger partial charge in [0.2, 0.25) is 5.95 Å². The van der Waals surface area contributed by atoms with Crippen LogP contribution in [0.5, 0.6) is 6.01 Å². The van der Waals surface area contributed by atoms with Gasteiger partial charge in [-0.2, -0.15) is 15.0 Å². The molecule has 2 N–H and O–H groups in total. The molecule has 1 aliphatic rings. The normalized spacial score (nSPS) is 13.9. The van der Waals surface area contributed by atoms with Crippen molar-refractivity contribution in [3.8, 4) is 6.01 Å². The second kappa shape index (κ2) is 7.23. The molecular formula is C14H18N6O2S. The highest BCUT2D eigenvalue weighted by atomic mass is 32.1. The number of rotatable bonds is 5. The van der Waals surface area contributed by atoms with Crippen molar-refractivity contribution >= 4 is 28.3 Å². The maximum atomic E-state index is 11.9. The molecule has 0 radical (unpaired) electrons. The van der Waals surface area contributed by atoms with Crippen molar-refractivity contribution in [2.45, 2.75) is 19.4 Å². The number of thiophene rings is 1. The summed E-state index contributed by atoms with van der Waals surface area (Å²) in [6, 6.07) is 3.67. The van der Waals surface area contributed by atoms with Crippen LogP contribution in [0, 0.1) is 0 Å². The van der Waals surface area contributed by atoms with Crippen LogP contribution in [-0.2, 0) is 6.54 Å². The molecule has 0 aromatic carbocycles. The van der Waals surface area contributed by atoms with Gasteiger partial charge in [0.15, 0.2) is 5.82 Å². The molecule has 0 bridgehead atoms. The van der Waals surface area contributed by atoms with Crippen LogP contribution in [0.4, 0.5) is 15.7 Å². The third-order valence-corrected chi connectivity index (χ3v) is 4.17. The predicted octanol–water partition coefficient (Wildman–Crippen LogP) is 1.86. The minimum atomic E-state index is -0.297. The number of methoxy groups -OCH3 is 1. The van der Waals surface area contributed by atoms with E-state index in [0.29, 0.717) is 11.8 Å². The maximum Gasteiger partial charge on any atom is 0.321 e. The van der Waals surface area contributed by atoms with Gasteiger partial charge in [-0.3, -0.25) is 5.32 Å². The molecule has 3 rings (SSSR count). The summed E-state index contributed by atoms with van der Waals surface area (Å²) >= 11 is 1.46. The molecule has 0 aliphatic carbocycles. The maximum absolute atomic E-state index is 11.9. The molecule has 3 heterocycles. The van der Waals surface area contributed by atoms with Gasteiger partial charge in [0.1, 0.15) is 0 Å². The molecule has 0 spiro atoms. The summed E-state index contributed by atoms with van der Waals surface area (Å²) in [5, 5.41) is 8.17. The molecule has 1 aliphatic heterocycles. The Morgan fingerprint density at radius 1 is 1.35 bits per heavy atom. The van der Waals surface area contributed by atoms with Crippen LogP contribution in [-0.4, -0.2) is 41.2 Å². The number of carbonyl (C=O) groups excluding carboxylic acids is 1. The molecule has 122 valence electrons. The lowest BCUT2D eigenvalue weighted by molar-refractivity contribution is 0.251. The van der Waals surface area contributed by atoms with Crippen LogP contribution in [0.2, 0.25) is 0 Å². The number of hydrogen-bond acceptors (Lipinski definition) is 7. The van der Waals surface area contributed by atoms with Gasteiger partial charge in [-0.1, -0.05) is 0 Å². The number of urea groups is 1. The first kappa shape index (κ1) is 15.5. The van der Waals surface area contributed by atoms with Crippen molar-refractivity contribution in [1.29, 1.82) is 0 Å². The summed E-state index contributed by atoms with van der Waals surface area (Å²) in [4.78, 5) is 26.8. The summed E-state index contributed by atoms with van der Waals surface area (Å²) < 4.78 is 5.13. The molecule has 1 fully saturated rings. The number of ether oxygens (including phenoxy) is 1. The second-order valence-corrected chi connectivity index (χ2v) is 5.97. The van der Waals surface area contributed by atoms with Crippen molar-refractivity contribution in [3.63, 3.8) is 0 Å². The Morgan fingerprint density at radius 2 is 2.17 bits per heavy atom. The van der Waals surface area contributed by atoms with E-state index in [0.717, 1.165) is 30.9 Å². The Kier molecular flexibility index (Phi) is 4.86. The first-order valence-electron chi connectivity index (χ1n) is 7.37.